The van der Waals surface area contributed by atoms with Crippen LogP contribution in [-0.4, -0.2) is 53.4 Å². The van der Waals surface area contributed by atoms with Gasteiger partial charge in [-0.3, -0.25) is 9.59 Å². The Morgan fingerprint density at radius 3 is 2.38 bits per heavy atom. The van der Waals surface area contributed by atoms with Crippen LogP contribution < -0.4 is 20.7 Å². The van der Waals surface area contributed by atoms with Crippen molar-refractivity contribution >= 4 is 18.0 Å². The number of hydrogen-bond acceptors (Lipinski definition) is 5. The van der Waals surface area contributed by atoms with E-state index in [1.54, 1.807) is 17.1 Å². The summed E-state index contributed by atoms with van der Waals surface area (Å²) < 4.78 is 7.73. The average Bonchev–Trinajstić information content (AvgIpc) is 3.27. The number of aromatic nitrogens is 2. The van der Waals surface area contributed by atoms with E-state index in [4.69, 9.17) is 4.74 Å². The molecule has 0 spiro atoms. The van der Waals surface area contributed by atoms with Crippen LogP contribution in [0.2, 0.25) is 0 Å². The molecule has 4 saturated carbocycles. The third-order valence-corrected chi connectivity index (χ3v) is 8.96. The fraction of sp³-hybridized carbons (Fsp3) is 0.759. The van der Waals surface area contributed by atoms with Crippen LogP contribution in [0.25, 0.3) is 6.20 Å². The molecule has 6 rings (SSSR count). The molecular weight excluding hydrogens is 466 g/mol. The normalized spacial score (nSPS) is 29.7. The van der Waals surface area contributed by atoms with Crippen molar-refractivity contribution in [3.63, 3.8) is 0 Å². The quantitative estimate of drug-likeness (QED) is 0.468. The van der Waals surface area contributed by atoms with Gasteiger partial charge in [0.15, 0.2) is 0 Å². The molecule has 0 unspecified atom stereocenters. The van der Waals surface area contributed by atoms with Crippen molar-refractivity contribution in [1.82, 2.24) is 25.7 Å². The predicted molar refractivity (Wildman–Crippen MR) is 144 cm³/mol. The second kappa shape index (κ2) is 10.8. The maximum absolute atomic E-state index is 13.5. The standard InChI is InChI=1S/C29H45N5O3/c1-18(2)17-37-27-24(26(35)33-25-21-12-19-11-20(14-21)15-22(25)13-19)16-31-34(27)10-7-29(3,4)28(36)32-23-5-8-30-9-6-23/h7,10,16,18-23,25,30H,5-6,8-9,11-15,17H2,1-4H3,(H,32,36)(H,33,35). The van der Waals surface area contributed by atoms with Crippen molar-refractivity contribution < 1.29 is 14.3 Å². The monoisotopic (exact) mass is 511 g/mol. The van der Waals surface area contributed by atoms with E-state index in [1.807, 2.05) is 19.9 Å². The summed E-state index contributed by atoms with van der Waals surface area (Å²) in [5.74, 6) is 3.59. The molecule has 37 heavy (non-hydrogen) atoms. The third kappa shape index (κ3) is 5.89. The van der Waals surface area contributed by atoms with Crippen LogP contribution in [-0.2, 0) is 4.79 Å². The van der Waals surface area contributed by atoms with Crippen LogP contribution in [0.4, 0.5) is 0 Å². The number of rotatable bonds is 9. The van der Waals surface area contributed by atoms with E-state index in [-0.39, 0.29) is 23.9 Å². The van der Waals surface area contributed by atoms with Gasteiger partial charge in [-0.1, -0.05) is 19.9 Å². The summed E-state index contributed by atoms with van der Waals surface area (Å²) in [5.41, 5.74) is -0.259. The summed E-state index contributed by atoms with van der Waals surface area (Å²) in [6.07, 6.45) is 13.5. The highest BCUT2D eigenvalue weighted by atomic mass is 16.5. The second-order valence-corrected chi connectivity index (χ2v) is 13.0. The Balaban J connectivity index is 1.29. The maximum Gasteiger partial charge on any atom is 0.258 e. The first-order valence-corrected chi connectivity index (χ1v) is 14.4. The van der Waals surface area contributed by atoms with Crippen LogP contribution in [0.3, 0.4) is 0 Å². The molecule has 2 heterocycles. The zero-order chi connectivity index (χ0) is 26.2. The Morgan fingerprint density at radius 2 is 1.76 bits per heavy atom. The van der Waals surface area contributed by atoms with Crippen LogP contribution in [0, 0.1) is 35.0 Å². The fourth-order valence-electron chi connectivity index (χ4n) is 7.06. The minimum Gasteiger partial charge on any atom is -0.477 e. The molecule has 5 aliphatic rings. The highest BCUT2D eigenvalue weighted by Gasteiger charge is 2.48. The van der Waals surface area contributed by atoms with Crippen LogP contribution >= 0.6 is 0 Å². The number of nitrogens with zero attached hydrogens (tertiary/aromatic N) is 2. The first-order chi connectivity index (χ1) is 17.7. The van der Waals surface area contributed by atoms with Crippen molar-refractivity contribution in [1.29, 1.82) is 0 Å². The van der Waals surface area contributed by atoms with Crippen molar-refractivity contribution in [2.75, 3.05) is 19.7 Å². The van der Waals surface area contributed by atoms with Gasteiger partial charge in [0.2, 0.25) is 11.8 Å². The molecule has 8 heteroatoms. The third-order valence-electron chi connectivity index (χ3n) is 8.96. The van der Waals surface area contributed by atoms with Gasteiger partial charge in [-0.2, -0.15) is 5.10 Å². The van der Waals surface area contributed by atoms with Gasteiger partial charge in [-0.15, -0.1) is 0 Å². The molecule has 0 atom stereocenters. The lowest BCUT2D eigenvalue weighted by Gasteiger charge is -2.54. The molecule has 1 aromatic rings. The molecule has 0 radical (unpaired) electrons. The number of amides is 2. The summed E-state index contributed by atoms with van der Waals surface area (Å²) >= 11 is 0. The number of piperidine rings is 1. The molecule has 3 N–H and O–H groups in total. The number of ether oxygens (including phenoxy) is 1. The minimum atomic E-state index is -0.727. The molecule has 1 saturated heterocycles. The van der Waals surface area contributed by atoms with Crippen molar-refractivity contribution in [3.8, 4) is 5.88 Å². The molecule has 8 nitrogen and oxygen atoms in total. The van der Waals surface area contributed by atoms with Crippen LogP contribution in [0.15, 0.2) is 12.3 Å². The molecule has 1 aliphatic heterocycles. The van der Waals surface area contributed by atoms with Gasteiger partial charge < -0.3 is 20.7 Å². The van der Waals surface area contributed by atoms with Gasteiger partial charge in [0.25, 0.3) is 5.91 Å². The number of carbonyl (C=O) groups is 2. The smallest absolute Gasteiger partial charge is 0.258 e. The summed E-state index contributed by atoms with van der Waals surface area (Å²) in [4.78, 5) is 26.5. The van der Waals surface area contributed by atoms with Crippen molar-refractivity contribution in [3.05, 3.63) is 17.8 Å². The summed E-state index contributed by atoms with van der Waals surface area (Å²) in [7, 11) is 0. The predicted octanol–water partition coefficient (Wildman–Crippen LogP) is 3.84. The van der Waals surface area contributed by atoms with Gasteiger partial charge in [-0.25, -0.2) is 4.68 Å². The topological polar surface area (TPSA) is 97.3 Å². The Bertz CT molecular complexity index is 979. The van der Waals surface area contributed by atoms with Crippen molar-refractivity contribution in [2.45, 2.75) is 84.7 Å². The lowest BCUT2D eigenvalue weighted by Crippen LogP contribution is -2.55. The molecule has 5 fully saturated rings. The Morgan fingerprint density at radius 1 is 1.11 bits per heavy atom. The Labute approximate surface area is 221 Å². The van der Waals surface area contributed by atoms with Gasteiger partial charge in [0.1, 0.15) is 5.56 Å². The highest BCUT2D eigenvalue weighted by molar-refractivity contribution is 5.96. The largest absolute Gasteiger partial charge is 0.477 e. The average molecular weight is 512 g/mol. The van der Waals surface area contributed by atoms with E-state index >= 15 is 0 Å². The maximum atomic E-state index is 13.5. The van der Waals surface area contributed by atoms with E-state index in [1.165, 1.54) is 32.1 Å². The van der Waals surface area contributed by atoms with Gasteiger partial charge >= 0.3 is 0 Å². The highest BCUT2D eigenvalue weighted by Crippen LogP contribution is 2.53. The summed E-state index contributed by atoms with van der Waals surface area (Å²) in [5, 5.41) is 14.4. The van der Waals surface area contributed by atoms with E-state index in [9.17, 15) is 9.59 Å². The summed E-state index contributed by atoms with van der Waals surface area (Å²) in [6.45, 7) is 10.3. The second-order valence-electron chi connectivity index (χ2n) is 13.0. The summed E-state index contributed by atoms with van der Waals surface area (Å²) in [6, 6.07) is 0.464. The number of nitrogens with one attached hydrogen (secondary N) is 3. The zero-order valence-electron chi connectivity index (χ0n) is 23.0. The lowest BCUT2D eigenvalue weighted by molar-refractivity contribution is -0.128. The molecule has 1 aromatic heterocycles. The van der Waals surface area contributed by atoms with E-state index in [2.05, 4.69) is 34.9 Å². The molecular formula is C29H45N5O3. The Kier molecular flexibility index (Phi) is 7.66. The fourth-order valence-corrected chi connectivity index (χ4v) is 7.06. The van der Waals surface area contributed by atoms with Crippen LogP contribution in [0.1, 0.15) is 83.0 Å². The number of carbonyl (C=O) groups excluding carboxylic acids is 2. The number of hydrogen-bond donors (Lipinski definition) is 3. The van der Waals surface area contributed by atoms with E-state index in [0.717, 1.165) is 37.8 Å². The molecule has 2 amide bonds. The molecule has 0 aromatic carbocycles. The molecule has 204 valence electrons. The first kappa shape index (κ1) is 26.3. The SMILES string of the molecule is CC(C)COc1c(C(=O)NC2C3CC4CC(C3)CC2C4)cnn1C=CC(C)(C)C(=O)NC1CCNCC1. The van der Waals surface area contributed by atoms with Gasteiger partial charge in [0, 0.05) is 18.3 Å². The van der Waals surface area contributed by atoms with Gasteiger partial charge in [0.05, 0.1) is 18.2 Å². The minimum absolute atomic E-state index is 0.00712. The van der Waals surface area contributed by atoms with E-state index in [0.29, 0.717) is 35.8 Å². The molecule has 4 aliphatic carbocycles. The van der Waals surface area contributed by atoms with Crippen LogP contribution in [0.5, 0.6) is 5.88 Å². The van der Waals surface area contributed by atoms with Gasteiger partial charge in [-0.05, 0) is 101 Å². The first-order valence-electron chi connectivity index (χ1n) is 14.4. The molecule has 4 bridgehead atoms. The van der Waals surface area contributed by atoms with E-state index < -0.39 is 5.41 Å². The zero-order valence-corrected chi connectivity index (χ0v) is 23.0. The van der Waals surface area contributed by atoms with Crippen molar-refractivity contribution in [2.24, 2.45) is 35.0 Å². The lowest BCUT2D eigenvalue weighted by atomic mass is 9.54. The Hall–Kier alpha value is -2.35.